The lowest BCUT2D eigenvalue weighted by molar-refractivity contribution is 0.250. The Morgan fingerprint density at radius 2 is 2.25 bits per heavy atom. The molecular weight excluding hydrogens is 266 g/mol. The van der Waals surface area contributed by atoms with Gasteiger partial charge < -0.3 is 5.32 Å². The Kier molecular flexibility index (Phi) is 4.34. The smallest absolute Gasteiger partial charge is 0.0544 e. The highest BCUT2D eigenvalue weighted by molar-refractivity contribution is 8.00. The zero-order chi connectivity index (χ0) is 14.0. The van der Waals surface area contributed by atoms with Crippen LogP contribution in [-0.4, -0.2) is 39.5 Å². The first kappa shape index (κ1) is 14.4. The summed E-state index contributed by atoms with van der Waals surface area (Å²) in [5, 5.41) is 3.53. The summed E-state index contributed by atoms with van der Waals surface area (Å²) in [5.41, 5.74) is 2.50. The van der Waals surface area contributed by atoms with Crippen LogP contribution < -0.4 is 5.32 Å². The van der Waals surface area contributed by atoms with Gasteiger partial charge in [-0.3, -0.25) is 9.88 Å². The van der Waals surface area contributed by atoms with Crippen LogP contribution in [-0.2, 0) is 13.1 Å². The fraction of sp³-hybridized carbons (Fsp3) is 0.688. The zero-order valence-electron chi connectivity index (χ0n) is 12.6. The van der Waals surface area contributed by atoms with Gasteiger partial charge in [0.15, 0.2) is 0 Å². The fourth-order valence-electron chi connectivity index (χ4n) is 2.68. The second-order valence-electron chi connectivity index (χ2n) is 6.63. The number of hydrogen-bond donors (Lipinski definition) is 1. The van der Waals surface area contributed by atoms with Gasteiger partial charge >= 0.3 is 0 Å². The van der Waals surface area contributed by atoms with Gasteiger partial charge in [0.1, 0.15) is 0 Å². The molecule has 3 rings (SSSR count). The first-order valence-corrected chi connectivity index (χ1v) is 8.63. The summed E-state index contributed by atoms with van der Waals surface area (Å²) in [7, 11) is 0. The lowest BCUT2D eigenvalue weighted by Gasteiger charge is -2.37. The SMILES string of the molecule is CC1(C)CN(Cc2ccc(CNC3CC3)cn2)CCS1. The van der Waals surface area contributed by atoms with E-state index in [2.05, 4.69) is 52.9 Å². The van der Waals surface area contributed by atoms with Crippen LogP contribution in [0.5, 0.6) is 0 Å². The molecule has 0 aromatic carbocycles. The standard InChI is InChI=1S/C16H25N3S/c1-16(2)12-19(7-8-20-16)11-15-4-3-13(10-18-15)9-17-14-5-6-14/h3-4,10,14,17H,5-9,11-12H2,1-2H3. The second-order valence-corrected chi connectivity index (χ2v) is 8.43. The Morgan fingerprint density at radius 1 is 1.40 bits per heavy atom. The summed E-state index contributed by atoms with van der Waals surface area (Å²) in [6, 6.07) is 5.18. The highest BCUT2D eigenvalue weighted by Gasteiger charge is 2.27. The predicted molar refractivity (Wildman–Crippen MR) is 85.9 cm³/mol. The van der Waals surface area contributed by atoms with E-state index in [1.165, 1.54) is 36.4 Å². The molecule has 1 aromatic heterocycles. The predicted octanol–water partition coefficient (Wildman–Crippen LogP) is 2.66. The number of nitrogens with zero attached hydrogens (tertiary/aromatic N) is 2. The number of rotatable bonds is 5. The fourth-order valence-corrected chi connectivity index (χ4v) is 3.86. The van der Waals surface area contributed by atoms with Gasteiger partial charge in [-0.15, -0.1) is 0 Å². The van der Waals surface area contributed by atoms with E-state index >= 15 is 0 Å². The largest absolute Gasteiger partial charge is 0.310 e. The second kappa shape index (κ2) is 6.04. The van der Waals surface area contributed by atoms with Gasteiger partial charge in [-0.25, -0.2) is 0 Å². The van der Waals surface area contributed by atoms with E-state index in [4.69, 9.17) is 0 Å². The van der Waals surface area contributed by atoms with Gasteiger partial charge in [-0.05, 0) is 38.3 Å². The maximum absolute atomic E-state index is 4.63. The Labute approximate surface area is 126 Å². The monoisotopic (exact) mass is 291 g/mol. The molecule has 1 N–H and O–H groups in total. The van der Waals surface area contributed by atoms with Crippen molar-refractivity contribution in [2.75, 3.05) is 18.8 Å². The number of nitrogens with one attached hydrogen (secondary N) is 1. The third kappa shape index (κ3) is 4.21. The molecule has 1 aliphatic heterocycles. The van der Waals surface area contributed by atoms with Crippen molar-refractivity contribution in [3.63, 3.8) is 0 Å². The highest BCUT2D eigenvalue weighted by Crippen LogP contribution is 2.30. The average molecular weight is 291 g/mol. The maximum Gasteiger partial charge on any atom is 0.0544 e. The van der Waals surface area contributed by atoms with Crippen LogP contribution in [0.1, 0.15) is 37.9 Å². The van der Waals surface area contributed by atoms with Gasteiger partial charge in [0.2, 0.25) is 0 Å². The summed E-state index contributed by atoms with van der Waals surface area (Å²) in [6.07, 6.45) is 4.72. The first-order chi connectivity index (χ1) is 9.61. The van der Waals surface area contributed by atoms with E-state index in [1.807, 2.05) is 6.20 Å². The molecule has 20 heavy (non-hydrogen) atoms. The molecule has 3 nitrogen and oxygen atoms in total. The molecule has 0 radical (unpaired) electrons. The Hall–Kier alpha value is -0.580. The van der Waals surface area contributed by atoms with Crippen molar-refractivity contribution >= 4 is 11.8 Å². The molecule has 0 bridgehead atoms. The van der Waals surface area contributed by atoms with Crippen molar-refractivity contribution in [2.24, 2.45) is 0 Å². The Morgan fingerprint density at radius 3 is 2.90 bits per heavy atom. The first-order valence-electron chi connectivity index (χ1n) is 7.64. The molecule has 4 heteroatoms. The minimum atomic E-state index is 0.381. The van der Waals surface area contributed by atoms with Gasteiger partial charge in [0, 0.05) is 48.9 Å². The van der Waals surface area contributed by atoms with Crippen LogP contribution in [0.2, 0.25) is 0 Å². The molecule has 1 aromatic rings. The van der Waals surface area contributed by atoms with Gasteiger partial charge in [-0.1, -0.05) is 6.07 Å². The normalized spacial score (nSPS) is 22.9. The molecule has 1 saturated carbocycles. The molecule has 1 aliphatic carbocycles. The molecule has 2 aliphatic rings. The number of pyridine rings is 1. The van der Waals surface area contributed by atoms with E-state index in [1.54, 1.807) is 0 Å². The Bertz CT molecular complexity index is 440. The highest BCUT2D eigenvalue weighted by atomic mass is 32.2. The van der Waals surface area contributed by atoms with Crippen molar-refractivity contribution < 1.29 is 0 Å². The maximum atomic E-state index is 4.63. The van der Waals surface area contributed by atoms with Crippen molar-refractivity contribution in [1.82, 2.24) is 15.2 Å². The van der Waals surface area contributed by atoms with E-state index in [9.17, 15) is 0 Å². The van der Waals surface area contributed by atoms with Crippen LogP contribution in [0.15, 0.2) is 18.3 Å². The third-order valence-corrected chi connectivity index (χ3v) is 5.25. The molecule has 2 fully saturated rings. The Balaban J connectivity index is 1.51. The van der Waals surface area contributed by atoms with Crippen LogP contribution in [0, 0.1) is 0 Å². The summed E-state index contributed by atoms with van der Waals surface area (Å²) in [5.74, 6) is 1.23. The van der Waals surface area contributed by atoms with Gasteiger partial charge in [0.05, 0.1) is 5.69 Å². The van der Waals surface area contributed by atoms with E-state index in [-0.39, 0.29) is 0 Å². The molecule has 0 unspecified atom stereocenters. The number of aromatic nitrogens is 1. The summed E-state index contributed by atoms with van der Waals surface area (Å²) < 4.78 is 0.381. The van der Waals surface area contributed by atoms with Crippen molar-refractivity contribution in [3.8, 4) is 0 Å². The molecular formula is C16H25N3S. The van der Waals surface area contributed by atoms with Crippen LogP contribution in [0.3, 0.4) is 0 Å². The van der Waals surface area contributed by atoms with Crippen LogP contribution in [0.25, 0.3) is 0 Å². The molecule has 110 valence electrons. The quantitative estimate of drug-likeness (QED) is 0.903. The summed E-state index contributed by atoms with van der Waals surface area (Å²) in [4.78, 5) is 7.16. The summed E-state index contributed by atoms with van der Waals surface area (Å²) >= 11 is 2.08. The summed E-state index contributed by atoms with van der Waals surface area (Å²) in [6.45, 7) is 8.96. The van der Waals surface area contributed by atoms with Crippen LogP contribution in [0.4, 0.5) is 0 Å². The number of thioether (sulfide) groups is 1. The minimum Gasteiger partial charge on any atom is -0.310 e. The van der Waals surface area contributed by atoms with E-state index < -0.39 is 0 Å². The lowest BCUT2D eigenvalue weighted by Crippen LogP contribution is -2.42. The van der Waals surface area contributed by atoms with Crippen molar-refractivity contribution in [1.29, 1.82) is 0 Å². The molecule has 0 atom stereocenters. The molecule has 1 saturated heterocycles. The molecule has 0 amide bonds. The topological polar surface area (TPSA) is 28.2 Å². The molecule has 0 spiro atoms. The minimum absolute atomic E-state index is 0.381. The third-order valence-electron chi connectivity index (χ3n) is 3.95. The average Bonchev–Trinajstić information content (AvgIpc) is 3.21. The van der Waals surface area contributed by atoms with E-state index in [0.717, 1.165) is 25.7 Å². The number of hydrogen-bond acceptors (Lipinski definition) is 4. The lowest BCUT2D eigenvalue weighted by atomic mass is 10.1. The van der Waals surface area contributed by atoms with Crippen molar-refractivity contribution in [3.05, 3.63) is 29.6 Å². The van der Waals surface area contributed by atoms with Gasteiger partial charge in [-0.2, -0.15) is 11.8 Å². The van der Waals surface area contributed by atoms with Crippen LogP contribution >= 0.6 is 11.8 Å². The molecule has 2 heterocycles. The van der Waals surface area contributed by atoms with Crippen molar-refractivity contribution in [2.45, 2.75) is 50.6 Å². The van der Waals surface area contributed by atoms with Gasteiger partial charge in [0.25, 0.3) is 0 Å². The van der Waals surface area contributed by atoms with E-state index in [0.29, 0.717) is 4.75 Å². The zero-order valence-corrected chi connectivity index (χ0v) is 13.4.